The normalized spacial score (nSPS) is 15.7. The average Bonchev–Trinajstić information content (AvgIpc) is 2.75. The summed E-state index contributed by atoms with van der Waals surface area (Å²) in [6, 6.07) is 10.4. The Morgan fingerprint density at radius 2 is 1.50 bits per heavy atom. The summed E-state index contributed by atoms with van der Waals surface area (Å²) in [6.07, 6.45) is 0.741. The third-order valence-electron chi connectivity index (χ3n) is 5.09. The fourth-order valence-corrected chi connectivity index (χ4v) is 5.90. The van der Waals surface area contributed by atoms with E-state index in [4.69, 9.17) is 44.8 Å². The van der Waals surface area contributed by atoms with Gasteiger partial charge in [0.15, 0.2) is 5.82 Å². The second-order valence-electron chi connectivity index (χ2n) is 6.92. The molecular formula is C20H19Cl3N4O2S. The Labute approximate surface area is 190 Å². The molecule has 2 heterocycles. The molecule has 4 rings (SSSR count). The van der Waals surface area contributed by atoms with Crippen LogP contribution in [-0.4, -0.2) is 48.9 Å². The van der Waals surface area contributed by atoms with Crippen LogP contribution in [0, 0.1) is 0 Å². The third-order valence-corrected chi connectivity index (χ3v) is 8.17. The van der Waals surface area contributed by atoms with E-state index in [0.717, 1.165) is 29.0 Å². The number of aromatic nitrogens is 2. The average molecular weight is 486 g/mol. The van der Waals surface area contributed by atoms with E-state index < -0.39 is 10.0 Å². The van der Waals surface area contributed by atoms with Crippen molar-refractivity contribution in [1.82, 2.24) is 14.3 Å². The van der Waals surface area contributed by atoms with E-state index in [1.807, 2.05) is 31.2 Å². The van der Waals surface area contributed by atoms with Crippen molar-refractivity contribution < 1.29 is 8.42 Å². The topological polar surface area (TPSA) is 66.4 Å². The highest BCUT2D eigenvalue weighted by Crippen LogP contribution is 2.33. The maximum absolute atomic E-state index is 13.1. The van der Waals surface area contributed by atoms with Crippen LogP contribution in [-0.2, 0) is 16.4 Å². The van der Waals surface area contributed by atoms with Crippen molar-refractivity contribution in [2.75, 3.05) is 31.1 Å². The highest BCUT2D eigenvalue weighted by atomic mass is 35.5. The molecule has 1 aromatic heterocycles. The van der Waals surface area contributed by atoms with Gasteiger partial charge in [-0.15, -0.1) is 0 Å². The second-order valence-corrected chi connectivity index (χ2v) is 10.1. The summed E-state index contributed by atoms with van der Waals surface area (Å²) < 4.78 is 27.6. The van der Waals surface area contributed by atoms with E-state index in [1.54, 1.807) is 0 Å². The van der Waals surface area contributed by atoms with Gasteiger partial charge in [0.05, 0.1) is 31.8 Å². The van der Waals surface area contributed by atoms with Crippen molar-refractivity contribution in [3.63, 3.8) is 0 Å². The molecule has 2 aromatic carbocycles. The highest BCUT2D eigenvalue weighted by molar-refractivity contribution is 7.89. The van der Waals surface area contributed by atoms with E-state index in [1.165, 1.54) is 16.4 Å². The van der Waals surface area contributed by atoms with Crippen LogP contribution < -0.4 is 4.90 Å². The summed E-state index contributed by atoms with van der Waals surface area (Å²) >= 11 is 18.1. The molecular weight excluding hydrogens is 467 g/mol. The van der Waals surface area contributed by atoms with Crippen molar-refractivity contribution in [3.05, 3.63) is 57.2 Å². The standard InChI is InChI=1S/C20H19Cl3N4O2S/c1-2-16-20(25-18-6-4-3-5-17(18)24-16)26-7-9-27(10-8-26)30(28,29)19-12-14(22)13(21)11-15(19)23/h3-6,11-12H,2,7-10H2,1H3. The Morgan fingerprint density at radius 3 is 2.13 bits per heavy atom. The van der Waals surface area contributed by atoms with E-state index in [-0.39, 0.29) is 20.0 Å². The van der Waals surface area contributed by atoms with Crippen molar-refractivity contribution >= 4 is 61.7 Å². The molecule has 10 heteroatoms. The van der Waals surface area contributed by atoms with Gasteiger partial charge in [0.25, 0.3) is 0 Å². The Kier molecular flexibility index (Phi) is 6.10. The van der Waals surface area contributed by atoms with E-state index in [2.05, 4.69) is 4.90 Å². The maximum Gasteiger partial charge on any atom is 0.244 e. The lowest BCUT2D eigenvalue weighted by Gasteiger charge is -2.35. The lowest BCUT2D eigenvalue weighted by atomic mass is 10.2. The summed E-state index contributed by atoms with van der Waals surface area (Å²) in [5.74, 6) is 0.806. The maximum atomic E-state index is 13.1. The van der Waals surface area contributed by atoms with Gasteiger partial charge in [-0.3, -0.25) is 0 Å². The van der Waals surface area contributed by atoms with Gasteiger partial charge in [-0.2, -0.15) is 4.31 Å². The first-order chi connectivity index (χ1) is 14.3. The summed E-state index contributed by atoms with van der Waals surface area (Å²) in [4.78, 5) is 11.6. The zero-order valence-corrected chi connectivity index (χ0v) is 19.2. The number of para-hydroxylation sites is 2. The van der Waals surface area contributed by atoms with Crippen LogP contribution in [0.25, 0.3) is 11.0 Å². The minimum Gasteiger partial charge on any atom is -0.352 e. The van der Waals surface area contributed by atoms with E-state index in [0.29, 0.717) is 26.2 Å². The Morgan fingerprint density at radius 1 is 0.900 bits per heavy atom. The van der Waals surface area contributed by atoms with Gasteiger partial charge in [0, 0.05) is 26.2 Å². The molecule has 0 aliphatic carbocycles. The molecule has 1 saturated heterocycles. The zero-order valence-electron chi connectivity index (χ0n) is 16.1. The zero-order chi connectivity index (χ0) is 21.5. The van der Waals surface area contributed by atoms with Gasteiger partial charge in [0.2, 0.25) is 10.0 Å². The van der Waals surface area contributed by atoms with Crippen LogP contribution in [0.5, 0.6) is 0 Å². The van der Waals surface area contributed by atoms with Crippen LogP contribution in [0.2, 0.25) is 15.1 Å². The lowest BCUT2D eigenvalue weighted by molar-refractivity contribution is 0.383. The number of aryl methyl sites for hydroxylation is 1. The van der Waals surface area contributed by atoms with Crippen molar-refractivity contribution in [2.24, 2.45) is 0 Å². The molecule has 0 radical (unpaired) electrons. The molecule has 0 atom stereocenters. The fraction of sp³-hybridized carbons (Fsp3) is 0.300. The van der Waals surface area contributed by atoms with Crippen LogP contribution in [0.1, 0.15) is 12.6 Å². The Bertz CT molecular complexity index is 1210. The van der Waals surface area contributed by atoms with Gasteiger partial charge in [-0.1, -0.05) is 53.9 Å². The molecule has 30 heavy (non-hydrogen) atoms. The number of piperazine rings is 1. The minimum atomic E-state index is -3.79. The molecule has 158 valence electrons. The molecule has 3 aromatic rings. The number of hydrogen-bond donors (Lipinski definition) is 0. The monoisotopic (exact) mass is 484 g/mol. The van der Waals surface area contributed by atoms with Gasteiger partial charge in [0.1, 0.15) is 4.90 Å². The molecule has 1 aliphatic rings. The molecule has 0 saturated carbocycles. The SMILES string of the molecule is CCc1nc2ccccc2nc1N1CCN(S(=O)(=O)c2cc(Cl)c(Cl)cc2Cl)CC1. The number of rotatable bonds is 4. The first kappa shape index (κ1) is 21.6. The van der Waals surface area contributed by atoms with E-state index in [9.17, 15) is 8.42 Å². The van der Waals surface area contributed by atoms with Gasteiger partial charge in [-0.25, -0.2) is 18.4 Å². The molecule has 0 unspecified atom stereocenters. The van der Waals surface area contributed by atoms with E-state index >= 15 is 0 Å². The first-order valence-electron chi connectivity index (χ1n) is 9.46. The number of halogens is 3. The smallest absolute Gasteiger partial charge is 0.244 e. The van der Waals surface area contributed by atoms with Crippen molar-refractivity contribution in [1.29, 1.82) is 0 Å². The highest BCUT2D eigenvalue weighted by Gasteiger charge is 2.31. The number of fused-ring (bicyclic) bond motifs is 1. The van der Waals surface area contributed by atoms with Crippen molar-refractivity contribution in [3.8, 4) is 0 Å². The molecule has 6 nitrogen and oxygen atoms in total. The Balaban J connectivity index is 1.58. The predicted octanol–water partition coefficient (Wildman–Crippen LogP) is 4.66. The summed E-state index contributed by atoms with van der Waals surface area (Å²) in [6.45, 7) is 3.64. The summed E-state index contributed by atoms with van der Waals surface area (Å²) in [7, 11) is -3.79. The molecule has 1 aliphatic heterocycles. The number of nitrogens with zero attached hydrogens (tertiary/aromatic N) is 4. The van der Waals surface area contributed by atoms with Gasteiger partial charge in [-0.05, 0) is 30.7 Å². The third kappa shape index (κ3) is 3.97. The minimum absolute atomic E-state index is 0.0354. The number of anilines is 1. The summed E-state index contributed by atoms with van der Waals surface area (Å²) in [5, 5.41) is 0.421. The molecule has 0 spiro atoms. The second kappa shape index (κ2) is 8.48. The molecule has 1 fully saturated rings. The van der Waals surface area contributed by atoms with Crippen LogP contribution >= 0.6 is 34.8 Å². The largest absolute Gasteiger partial charge is 0.352 e. The fourth-order valence-electron chi connectivity index (χ4n) is 3.50. The lowest BCUT2D eigenvalue weighted by Crippen LogP contribution is -2.49. The van der Waals surface area contributed by atoms with Crippen LogP contribution in [0.15, 0.2) is 41.3 Å². The summed E-state index contributed by atoms with van der Waals surface area (Å²) in [5.41, 5.74) is 2.58. The van der Waals surface area contributed by atoms with Crippen LogP contribution in [0.4, 0.5) is 5.82 Å². The van der Waals surface area contributed by atoms with Gasteiger partial charge < -0.3 is 4.90 Å². The van der Waals surface area contributed by atoms with Crippen LogP contribution in [0.3, 0.4) is 0 Å². The quantitative estimate of drug-likeness (QED) is 0.503. The molecule has 0 amide bonds. The van der Waals surface area contributed by atoms with Gasteiger partial charge >= 0.3 is 0 Å². The number of hydrogen-bond acceptors (Lipinski definition) is 5. The Hall–Kier alpha value is -1.64. The number of sulfonamides is 1. The first-order valence-corrected chi connectivity index (χ1v) is 12.0. The predicted molar refractivity (Wildman–Crippen MR) is 121 cm³/mol. The molecule has 0 bridgehead atoms. The molecule has 0 N–H and O–H groups in total. The van der Waals surface area contributed by atoms with Crippen molar-refractivity contribution in [2.45, 2.75) is 18.2 Å². The number of benzene rings is 2.